The molecular formula is C22H27F4IN4O. The number of methoxy groups -OCH3 is 1. The van der Waals surface area contributed by atoms with Crippen molar-refractivity contribution in [2.45, 2.75) is 19.1 Å². The van der Waals surface area contributed by atoms with Gasteiger partial charge in [0.25, 0.3) is 0 Å². The maximum absolute atomic E-state index is 13.3. The van der Waals surface area contributed by atoms with E-state index < -0.39 is 17.6 Å². The molecule has 10 heteroatoms. The zero-order valence-corrected chi connectivity index (χ0v) is 20.2. The first kappa shape index (κ1) is 26.0. The van der Waals surface area contributed by atoms with E-state index >= 15 is 0 Å². The Bertz CT molecular complexity index is 923. The molecule has 0 spiro atoms. The summed E-state index contributed by atoms with van der Waals surface area (Å²) in [6.45, 7) is 2.29. The molecule has 0 aromatic heterocycles. The number of anilines is 1. The van der Waals surface area contributed by atoms with Crippen molar-refractivity contribution in [2.24, 2.45) is 10.9 Å². The van der Waals surface area contributed by atoms with Crippen LogP contribution in [0.25, 0.3) is 0 Å². The van der Waals surface area contributed by atoms with Crippen LogP contribution in [0.5, 0.6) is 5.75 Å². The van der Waals surface area contributed by atoms with Crippen molar-refractivity contribution in [1.29, 1.82) is 0 Å². The second-order valence-corrected chi connectivity index (χ2v) is 7.41. The van der Waals surface area contributed by atoms with Gasteiger partial charge in [-0.3, -0.25) is 4.99 Å². The second-order valence-electron chi connectivity index (χ2n) is 7.41. The minimum atomic E-state index is -4.62. The van der Waals surface area contributed by atoms with Gasteiger partial charge in [0.2, 0.25) is 0 Å². The fourth-order valence-electron chi connectivity index (χ4n) is 3.65. The number of nitrogens with one attached hydrogen (secondary N) is 2. The largest absolute Gasteiger partial charge is 0.497 e. The van der Waals surface area contributed by atoms with Crippen LogP contribution in [0, 0.1) is 11.7 Å². The lowest BCUT2D eigenvalue weighted by atomic mass is 10.1. The Labute approximate surface area is 202 Å². The molecule has 0 bridgehead atoms. The van der Waals surface area contributed by atoms with E-state index in [9.17, 15) is 17.6 Å². The Morgan fingerprint density at radius 1 is 1.19 bits per heavy atom. The number of rotatable bonds is 6. The molecule has 0 radical (unpaired) electrons. The molecule has 2 N–H and O–H groups in total. The van der Waals surface area contributed by atoms with Crippen molar-refractivity contribution in [3.05, 3.63) is 59.4 Å². The van der Waals surface area contributed by atoms with Gasteiger partial charge in [-0.05, 0) is 42.2 Å². The van der Waals surface area contributed by atoms with Crippen molar-refractivity contribution in [1.82, 2.24) is 10.6 Å². The number of ether oxygens (including phenoxy) is 1. The number of aliphatic imine (C=N–C) groups is 1. The Morgan fingerprint density at radius 3 is 2.66 bits per heavy atom. The van der Waals surface area contributed by atoms with Crippen LogP contribution >= 0.6 is 24.0 Å². The third-order valence-electron chi connectivity index (χ3n) is 5.31. The minimum Gasteiger partial charge on any atom is -0.497 e. The van der Waals surface area contributed by atoms with E-state index in [0.29, 0.717) is 24.5 Å². The maximum Gasteiger partial charge on any atom is 0.416 e. The van der Waals surface area contributed by atoms with Crippen molar-refractivity contribution >= 4 is 35.6 Å². The van der Waals surface area contributed by atoms with Gasteiger partial charge in [-0.25, -0.2) is 4.39 Å². The Balaban J connectivity index is 0.00000363. The third kappa shape index (κ3) is 6.88. The number of alkyl halides is 3. The topological polar surface area (TPSA) is 48.9 Å². The quantitative estimate of drug-likeness (QED) is 0.231. The number of guanidine groups is 1. The van der Waals surface area contributed by atoms with Gasteiger partial charge >= 0.3 is 6.18 Å². The number of nitrogens with zero attached hydrogens (tertiary/aromatic N) is 2. The summed E-state index contributed by atoms with van der Waals surface area (Å²) in [4.78, 5) is 6.36. The number of benzene rings is 2. The first-order valence-electron chi connectivity index (χ1n) is 9.99. The van der Waals surface area contributed by atoms with Gasteiger partial charge in [-0.2, -0.15) is 13.2 Å². The molecule has 176 valence electrons. The average molecular weight is 566 g/mol. The van der Waals surface area contributed by atoms with Crippen LogP contribution in [-0.2, 0) is 12.7 Å². The molecule has 1 unspecified atom stereocenters. The summed E-state index contributed by atoms with van der Waals surface area (Å²) in [5.41, 5.74) is 0.0717. The fraction of sp³-hybridized carbons (Fsp3) is 0.409. The van der Waals surface area contributed by atoms with Crippen molar-refractivity contribution < 1.29 is 22.3 Å². The van der Waals surface area contributed by atoms with Crippen molar-refractivity contribution in [3.63, 3.8) is 0 Å². The summed E-state index contributed by atoms with van der Waals surface area (Å²) in [7, 11) is 3.19. The SMILES string of the molecule is CN=C(NCc1ccc(F)cc1C(F)(F)F)NCC1CCN(c2cccc(OC)c2)C1.I. The van der Waals surface area contributed by atoms with Gasteiger partial charge < -0.3 is 20.3 Å². The zero-order valence-electron chi connectivity index (χ0n) is 17.9. The molecule has 3 rings (SSSR count). The molecule has 2 aromatic carbocycles. The molecule has 1 saturated heterocycles. The standard InChI is InChI=1S/C22H26F4N4O.HI/c1-27-21(29-13-16-6-7-17(23)10-20(16)22(24,25)26)28-12-15-8-9-30(14-15)18-4-3-5-19(11-18)31-2;/h3-7,10-11,15H,8-9,12-14H2,1-2H3,(H2,27,28,29);1H. The summed E-state index contributed by atoms with van der Waals surface area (Å²) in [5.74, 6) is 0.654. The molecule has 2 aromatic rings. The summed E-state index contributed by atoms with van der Waals surface area (Å²) in [6.07, 6.45) is -3.64. The van der Waals surface area contributed by atoms with E-state index in [4.69, 9.17) is 4.74 Å². The molecule has 5 nitrogen and oxygen atoms in total. The Hall–Kier alpha value is -2.24. The fourth-order valence-corrected chi connectivity index (χ4v) is 3.65. The van der Waals surface area contributed by atoms with Crippen LogP contribution in [0.4, 0.5) is 23.2 Å². The highest BCUT2D eigenvalue weighted by Gasteiger charge is 2.33. The average Bonchev–Trinajstić information content (AvgIpc) is 3.23. The molecule has 0 amide bonds. The van der Waals surface area contributed by atoms with Gasteiger partial charge in [-0.15, -0.1) is 24.0 Å². The molecule has 1 aliphatic heterocycles. The molecule has 0 saturated carbocycles. The van der Waals surface area contributed by atoms with Crippen molar-refractivity contribution in [2.75, 3.05) is 38.7 Å². The number of hydrogen-bond donors (Lipinski definition) is 2. The van der Waals surface area contributed by atoms with Crippen LogP contribution in [-0.4, -0.2) is 39.8 Å². The first-order chi connectivity index (χ1) is 14.8. The van der Waals surface area contributed by atoms with Gasteiger partial charge in [0.05, 0.1) is 12.7 Å². The van der Waals surface area contributed by atoms with Gasteiger partial charge in [-0.1, -0.05) is 12.1 Å². The maximum atomic E-state index is 13.3. The molecule has 1 fully saturated rings. The summed E-state index contributed by atoms with van der Waals surface area (Å²) in [5, 5.41) is 6.06. The summed E-state index contributed by atoms with van der Waals surface area (Å²) < 4.78 is 58.0. The van der Waals surface area contributed by atoms with Gasteiger partial charge in [0.1, 0.15) is 11.6 Å². The van der Waals surface area contributed by atoms with E-state index in [1.54, 1.807) is 14.2 Å². The highest BCUT2D eigenvalue weighted by molar-refractivity contribution is 14.0. The molecule has 0 aliphatic carbocycles. The van der Waals surface area contributed by atoms with Crippen LogP contribution in [0.15, 0.2) is 47.5 Å². The number of halogens is 5. The van der Waals surface area contributed by atoms with Gasteiger partial charge in [0.15, 0.2) is 5.96 Å². The minimum absolute atomic E-state index is 0. The predicted molar refractivity (Wildman–Crippen MR) is 128 cm³/mol. The van der Waals surface area contributed by atoms with Crippen LogP contribution in [0.3, 0.4) is 0 Å². The molecule has 1 atom stereocenters. The first-order valence-corrected chi connectivity index (χ1v) is 9.99. The second kappa shape index (κ2) is 11.6. The lowest BCUT2D eigenvalue weighted by molar-refractivity contribution is -0.138. The third-order valence-corrected chi connectivity index (χ3v) is 5.31. The lowest BCUT2D eigenvalue weighted by Gasteiger charge is -2.20. The van der Waals surface area contributed by atoms with Gasteiger partial charge in [0, 0.05) is 45.0 Å². The van der Waals surface area contributed by atoms with Crippen LogP contribution < -0.4 is 20.3 Å². The van der Waals surface area contributed by atoms with E-state index in [1.165, 1.54) is 0 Å². The monoisotopic (exact) mass is 566 g/mol. The highest BCUT2D eigenvalue weighted by atomic mass is 127. The predicted octanol–water partition coefficient (Wildman–Crippen LogP) is 4.66. The normalized spacial score (nSPS) is 16.5. The Morgan fingerprint density at radius 2 is 1.97 bits per heavy atom. The molecule has 1 aliphatic rings. The van der Waals surface area contributed by atoms with E-state index in [0.717, 1.165) is 43.1 Å². The molecule has 1 heterocycles. The molecule has 32 heavy (non-hydrogen) atoms. The van der Waals surface area contributed by atoms with Crippen molar-refractivity contribution in [3.8, 4) is 5.75 Å². The Kier molecular flexibility index (Phi) is 9.41. The van der Waals surface area contributed by atoms with E-state index in [1.807, 2.05) is 24.3 Å². The van der Waals surface area contributed by atoms with Crippen LogP contribution in [0.1, 0.15) is 17.5 Å². The molecular weight excluding hydrogens is 539 g/mol. The zero-order chi connectivity index (χ0) is 22.4. The lowest BCUT2D eigenvalue weighted by Crippen LogP contribution is -2.40. The smallest absolute Gasteiger partial charge is 0.416 e. The number of hydrogen-bond acceptors (Lipinski definition) is 3. The highest BCUT2D eigenvalue weighted by Crippen LogP contribution is 2.32. The van der Waals surface area contributed by atoms with E-state index in [-0.39, 0.29) is 36.1 Å². The van der Waals surface area contributed by atoms with E-state index in [2.05, 4.69) is 20.5 Å². The van der Waals surface area contributed by atoms with Crippen LogP contribution in [0.2, 0.25) is 0 Å². The summed E-state index contributed by atoms with van der Waals surface area (Å²) in [6, 6.07) is 10.6. The summed E-state index contributed by atoms with van der Waals surface area (Å²) >= 11 is 0.